The summed E-state index contributed by atoms with van der Waals surface area (Å²) in [7, 11) is 0. The first kappa shape index (κ1) is 56.2. The summed E-state index contributed by atoms with van der Waals surface area (Å²) >= 11 is 0. The Morgan fingerprint density at radius 2 is 0.525 bits per heavy atom. The molecule has 0 spiro atoms. The smallest absolute Gasteiger partial charge is 0.234 e. The average molecular weight is 827 g/mol. The molecule has 2 nitrogen and oxygen atoms in total. The topological polar surface area (TPSA) is 8.81 Å². The monoisotopic (exact) mass is 826 g/mol. The highest BCUT2D eigenvalue weighted by Crippen LogP contribution is 2.18. The van der Waals surface area contributed by atoms with Crippen LogP contribution in [0.25, 0.3) is 0 Å². The largest absolute Gasteiger partial charge is 0.256 e. The second kappa shape index (κ2) is 48.2. The van der Waals surface area contributed by atoms with E-state index >= 15 is 0 Å². The van der Waals surface area contributed by atoms with Crippen molar-refractivity contribution in [2.75, 3.05) is 0 Å². The predicted octanol–water partition coefficient (Wildman–Crippen LogP) is 20.1. The molecule has 0 unspecified atom stereocenters. The number of unbranched alkanes of at least 4 members (excludes halogenated alkanes) is 45. The summed E-state index contributed by atoms with van der Waals surface area (Å²) in [6.45, 7) is 9.42. The van der Waals surface area contributed by atoms with Crippen LogP contribution in [-0.2, 0) is 19.5 Å². The standard InChI is InChI=1S/C57H113N2/c1-4-7-10-13-16-19-22-25-28-30-32-34-37-40-43-46-49-52-57-58(53-50-47-44-41-38-35-27-24-21-18-15-12-9-6-3)55-56-59(57)54-51-48-45-42-39-36-33-31-29-26-23-20-17-14-11-8-5-2/h55-56H,4-54H2,1-3H3/q+1. The van der Waals surface area contributed by atoms with Crippen LogP contribution in [0, 0.1) is 0 Å². The lowest BCUT2D eigenvalue weighted by Crippen LogP contribution is -2.37. The molecule has 0 aromatic carbocycles. The summed E-state index contributed by atoms with van der Waals surface area (Å²) in [4.78, 5) is 0. The van der Waals surface area contributed by atoms with Crippen LogP contribution in [-0.4, -0.2) is 4.57 Å². The Labute approximate surface area is 374 Å². The van der Waals surface area contributed by atoms with Crippen molar-refractivity contribution in [1.29, 1.82) is 0 Å². The number of aryl methyl sites for hydroxylation is 2. The summed E-state index contributed by atoms with van der Waals surface area (Å²) in [5, 5.41) is 0. The molecular formula is C57H113N2+. The van der Waals surface area contributed by atoms with Crippen molar-refractivity contribution in [2.45, 2.75) is 348 Å². The SMILES string of the molecule is CCCCCCCCCCCCCCCCCCCc1n(CCCCCCCCCCCCCCCC)cc[n+]1CCCCCCCCCCCCCCCCCCC. The van der Waals surface area contributed by atoms with Crippen LogP contribution in [0.2, 0.25) is 0 Å². The number of nitrogens with zero attached hydrogens (tertiary/aromatic N) is 2. The van der Waals surface area contributed by atoms with Crippen molar-refractivity contribution in [3.05, 3.63) is 18.2 Å². The zero-order chi connectivity index (χ0) is 42.2. The Balaban J connectivity index is 2.24. The van der Waals surface area contributed by atoms with Crippen molar-refractivity contribution in [2.24, 2.45) is 0 Å². The van der Waals surface area contributed by atoms with Gasteiger partial charge in [-0.15, -0.1) is 0 Å². The molecule has 1 aromatic heterocycles. The van der Waals surface area contributed by atoms with Gasteiger partial charge in [0.15, 0.2) is 0 Å². The Morgan fingerprint density at radius 3 is 0.814 bits per heavy atom. The predicted molar refractivity (Wildman–Crippen MR) is 267 cm³/mol. The minimum Gasteiger partial charge on any atom is -0.234 e. The number of hydrogen-bond acceptors (Lipinski definition) is 0. The Hall–Kier alpha value is -0.790. The second-order valence-corrected chi connectivity index (χ2v) is 19.8. The fraction of sp³-hybridized carbons (Fsp3) is 0.947. The third-order valence-corrected chi connectivity index (χ3v) is 13.8. The molecule has 350 valence electrons. The first-order valence-electron chi connectivity index (χ1n) is 28.4. The lowest BCUT2D eigenvalue weighted by molar-refractivity contribution is -0.704. The first-order chi connectivity index (χ1) is 29.3. The quantitative estimate of drug-likeness (QED) is 0.0457. The van der Waals surface area contributed by atoms with Crippen molar-refractivity contribution in [3.63, 3.8) is 0 Å². The highest BCUT2D eigenvalue weighted by Gasteiger charge is 2.16. The molecule has 1 rings (SSSR count). The van der Waals surface area contributed by atoms with Gasteiger partial charge in [0, 0.05) is 6.42 Å². The molecule has 0 aliphatic rings. The lowest BCUT2D eigenvalue weighted by atomic mass is 10.0. The maximum atomic E-state index is 2.67. The van der Waals surface area contributed by atoms with Gasteiger partial charge in [-0.25, -0.2) is 9.13 Å². The van der Waals surface area contributed by atoms with Gasteiger partial charge in [-0.1, -0.05) is 297 Å². The molecule has 0 aliphatic heterocycles. The molecule has 0 atom stereocenters. The van der Waals surface area contributed by atoms with Gasteiger partial charge in [0.05, 0.1) is 13.1 Å². The Kier molecular flexibility index (Phi) is 46.0. The molecule has 1 heterocycles. The zero-order valence-electron chi connectivity index (χ0n) is 41.6. The van der Waals surface area contributed by atoms with Crippen molar-refractivity contribution in [1.82, 2.24) is 4.57 Å². The van der Waals surface area contributed by atoms with E-state index in [1.807, 2.05) is 0 Å². The van der Waals surface area contributed by atoms with Crippen LogP contribution >= 0.6 is 0 Å². The Morgan fingerprint density at radius 1 is 0.288 bits per heavy atom. The summed E-state index contributed by atoms with van der Waals surface area (Å²) in [5.74, 6) is 1.64. The fourth-order valence-electron chi connectivity index (χ4n) is 9.68. The van der Waals surface area contributed by atoms with Crippen LogP contribution in [0.3, 0.4) is 0 Å². The van der Waals surface area contributed by atoms with E-state index in [4.69, 9.17) is 0 Å². The van der Waals surface area contributed by atoms with Crippen molar-refractivity contribution in [3.8, 4) is 0 Å². The van der Waals surface area contributed by atoms with Crippen LogP contribution in [0.15, 0.2) is 12.4 Å². The molecule has 0 N–H and O–H groups in total. The van der Waals surface area contributed by atoms with Gasteiger partial charge in [0.2, 0.25) is 0 Å². The van der Waals surface area contributed by atoms with E-state index in [0.717, 1.165) is 0 Å². The normalized spacial score (nSPS) is 11.7. The fourth-order valence-corrected chi connectivity index (χ4v) is 9.68. The minimum atomic E-state index is 1.23. The third-order valence-electron chi connectivity index (χ3n) is 13.8. The molecular weight excluding hydrogens is 713 g/mol. The van der Waals surface area contributed by atoms with Crippen LogP contribution < -0.4 is 4.57 Å². The zero-order valence-corrected chi connectivity index (χ0v) is 41.6. The van der Waals surface area contributed by atoms with Crippen LogP contribution in [0.5, 0.6) is 0 Å². The number of imidazole rings is 1. The summed E-state index contributed by atoms with van der Waals surface area (Å²) in [6, 6.07) is 0. The molecule has 0 saturated carbocycles. The van der Waals surface area contributed by atoms with E-state index in [2.05, 4.69) is 42.3 Å². The summed E-state index contributed by atoms with van der Waals surface area (Å²) in [6.07, 6.45) is 75.8. The third kappa shape index (κ3) is 39.8. The van der Waals surface area contributed by atoms with Crippen molar-refractivity contribution < 1.29 is 4.57 Å². The van der Waals surface area contributed by atoms with E-state index in [0.29, 0.717) is 0 Å². The van der Waals surface area contributed by atoms with E-state index in [1.165, 1.54) is 328 Å². The van der Waals surface area contributed by atoms with Gasteiger partial charge in [-0.05, 0) is 32.1 Å². The molecule has 0 radical (unpaired) electrons. The second-order valence-electron chi connectivity index (χ2n) is 19.8. The molecule has 0 aliphatic carbocycles. The summed E-state index contributed by atoms with van der Waals surface area (Å²) in [5.41, 5.74) is 0. The van der Waals surface area contributed by atoms with Crippen LogP contribution in [0.4, 0.5) is 0 Å². The number of aromatic nitrogens is 2. The van der Waals surface area contributed by atoms with Gasteiger partial charge in [0.25, 0.3) is 5.82 Å². The first-order valence-corrected chi connectivity index (χ1v) is 28.4. The van der Waals surface area contributed by atoms with Gasteiger partial charge >= 0.3 is 0 Å². The average Bonchev–Trinajstić information content (AvgIpc) is 3.63. The van der Waals surface area contributed by atoms with E-state index in [-0.39, 0.29) is 0 Å². The van der Waals surface area contributed by atoms with E-state index < -0.39 is 0 Å². The molecule has 0 saturated heterocycles. The van der Waals surface area contributed by atoms with Gasteiger partial charge in [0.1, 0.15) is 12.4 Å². The number of rotatable bonds is 51. The van der Waals surface area contributed by atoms with Gasteiger partial charge in [-0.2, -0.15) is 0 Å². The maximum absolute atomic E-state index is 2.67. The highest BCUT2D eigenvalue weighted by atomic mass is 15.1. The molecule has 2 heteroatoms. The van der Waals surface area contributed by atoms with E-state index in [9.17, 15) is 0 Å². The van der Waals surface area contributed by atoms with Crippen LogP contribution in [0.1, 0.15) is 335 Å². The molecule has 1 aromatic rings. The maximum Gasteiger partial charge on any atom is 0.256 e. The van der Waals surface area contributed by atoms with Gasteiger partial charge < -0.3 is 0 Å². The molecule has 0 bridgehead atoms. The summed E-state index contributed by atoms with van der Waals surface area (Å²) < 4.78 is 5.34. The minimum absolute atomic E-state index is 1.23. The highest BCUT2D eigenvalue weighted by molar-refractivity contribution is 4.84. The molecule has 0 fully saturated rings. The van der Waals surface area contributed by atoms with Crippen molar-refractivity contribution >= 4 is 0 Å². The Bertz CT molecular complexity index is 902. The molecule has 59 heavy (non-hydrogen) atoms. The lowest BCUT2D eigenvalue weighted by Gasteiger charge is -2.07. The van der Waals surface area contributed by atoms with Gasteiger partial charge in [-0.3, -0.25) is 0 Å². The number of hydrogen-bond donors (Lipinski definition) is 0. The van der Waals surface area contributed by atoms with E-state index in [1.54, 1.807) is 5.82 Å². The molecule has 0 amide bonds.